The lowest BCUT2D eigenvalue weighted by molar-refractivity contribution is 0.247. The Balaban J connectivity index is 1.83. The van der Waals surface area contributed by atoms with Crippen LogP contribution in [0.15, 0.2) is 53.3 Å². The highest BCUT2D eigenvalue weighted by atomic mass is 16.1. The number of H-pyrrole nitrogens is 1. The molecule has 118 valence electrons. The van der Waals surface area contributed by atoms with Gasteiger partial charge >= 0.3 is 0 Å². The number of hydrogen-bond acceptors (Lipinski definition) is 3. The molecule has 0 fully saturated rings. The first-order valence-electron chi connectivity index (χ1n) is 7.79. The Hall–Kier alpha value is -2.46. The lowest BCUT2D eigenvalue weighted by Gasteiger charge is -2.24. The molecule has 3 rings (SSSR count). The number of nitrogens with zero attached hydrogens (tertiary/aromatic N) is 2. The third-order valence-corrected chi connectivity index (χ3v) is 4.28. The molecule has 0 bridgehead atoms. The minimum Gasteiger partial charge on any atom is -0.309 e. The first-order chi connectivity index (χ1) is 11.0. The van der Waals surface area contributed by atoms with E-state index in [-0.39, 0.29) is 11.6 Å². The Labute approximate surface area is 135 Å². The molecule has 0 amide bonds. The Kier molecular flexibility index (Phi) is 4.26. The lowest BCUT2D eigenvalue weighted by atomic mass is 10.1. The van der Waals surface area contributed by atoms with E-state index >= 15 is 0 Å². The summed E-state index contributed by atoms with van der Waals surface area (Å²) in [5, 5.41) is 0.630. The minimum absolute atomic E-state index is 0.0815. The third kappa shape index (κ3) is 3.32. The van der Waals surface area contributed by atoms with Gasteiger partial charge in [0.2, 0.25) is 0 Å². The van der Waals surface area contributed by atoms with Crippen LogP contribution in [0.2, 0.25) is 0 Å². The van der Waals surface area contributed by atoms with Crippen molar-refractivity contribution >= 4 is 10.9 Å². The second-order valence-electron chi connectivity index (χ2n) is 6.03. The Morgan fingerprint density at radius 1 is 1.13 bits per heavy atom. The fraction of sp³-hybridized carbons (Fsp3) is 0.263. The fourth-order valence-corrected chi connectivity index (χ4v) is 2.68. The SMILES string of the molecule is Cc1ccc([C@H](C)N(C)Cc2nc3ccccc3c(=O)[nH]2)cc1. The summed E-state index contributed by atoms with van der Waals surface area (Å²) < 4.78 is 0. The zero-order valence-corrected chi connectivity index (χ0v) is 13.7. The minimum atomic E-state index is -0.0815. The van der Waals surface area contributed by atoms with Gasteiger partial charge < -0.3 is 4.98 Å². The maximum absolute atomic E-state index is 12.1. The third-order valence-electron chi connectivity index (χ3n) is 4.28. The van der Waals surface area contributed by atoms with E-state index in [9.17, 15) is 4.79 Å². The van der Waals surface area contributed by atoms with Crippen molar-refractivity contribution in [2.24, 2.45) is 0 Å². The van der Waals surface area contributed by atoms with Crippen LogP contribution in [0.3, 0.4) is 0 Å². The molecule has 4 nitrogen and oxygen atoms in total. The molecule has 1 heterocycles. The van der Waals surface area contributed by atoms with Crippen molar-refractivity contribution in [3.05, 3.63) is 75.8 Å². The highest BCUT2D eigenvalue weighted by Crippen LogP contribution is 2.20. The molecule has 4 heteroatoms. The zero-order valence-electron chi connectivity index (χ0n) is 13.7. The van der Waals surface area contributed by atoms with E-state index in [1.807, 2.05) is 25.2 Å². The van der Waals surface area contributed by atoms with Gasteiger partial charge in [0.1, 0.15) is 5.82 Å². The van der Waals surface area contributed by atoms with Crippen molar-refractivity contribution in [3.63, 3.8) is 0 Å². The van der Waals surface area contributed by atoms with Gasteiger partial charge in [-0.25, -0.2) is 4.98 Å². The van der Waals surface area contributed by atoms with Gasteiger partial charge in [-0.1, -0.05) is 42.0 Å². The number of para-hydroxylation sites is 1. The van der Waals surface area contributed by atoms with Crippen LogP contribution in [-0.4, -0.2) is 21.9 Å². The molecule has 3 aromatic rings. The van der Waals surface area contributed by atoms with Gasteiger partial charge in [0.05, 0.1) is 17.4 Å². The van der Waals surface area contributed by atoms with E-state index in [0.29, 0.717) is 17.8 Å². The molecule has 1 atom stereocenters. The van der Waals surface area contributed by atoms with Crippen molar-refractivity contribution in [2.45, 2.75) is 26.4 Å². The van der Waals surface area contributed by atoms with E-state index in [1.165, 1.54) is 11.1 Å². The number of hydrogen-bond donors (Lipinski definition) is 1. The number of aryl methyl sites for hydroxylation is 1. The molecule has 0 aliphatic heterocycles. The molecule has 1 aromatic heterocycles. The van der Waals surface area contributed by atoms with E-state index in [1.54, 1.807) is 6.07 Å². The van der Waals surface area contributed by atoms with Crippen LogP contribution in [0.25, 0.3) is 10.9 Å². The molecule has 0 radical (unpaired) electrons. The number of rotatable bonds is 4. The van der Waals surface area contributed by atoms with E-state index in [2.05, 4.69) is 53.0 Å². The number of aromatic nitrogens is 2. The quantitative estimate of drug-likeness (QED) is 0.803. The van der Waals surface area contributed by atoms with Crippen molar-refractivity contribution in [1.29, 1.82) is 0 Å². The first kappa shape index (κ1) is 15.4. The van der Waals surface area contributed by atoms with Crippen LogP contribution in [0.5, 0.6) is 0 Å². The summed E-state index contributed by atoms with van der Waals surface area (Å²) in [6.07, 6.45) is 0. The number of fused-ring (bicyclic) bond motifs is 1. The molecule has 0 aliphatic carbocycles. The number of nitrogens with one attached hydrogen (secondary N) is 1. The van der Waals surface area contributed by atoms with Gasteiger partial charge in [-0.15, -0.1) is 0 Å². The Morgan fingerprint density at radius 3 is 2.57 bits per heavy atom. The number of benzene rings is 2. The van der Waals surface area contributed by atoms with Gasteiger partial charge in [-0.05, 0) is 38.6 Å². The van der Waals surface area contributed by atoms with Crippen LogP contribution in [0.1, 0.15) is 29.9 Å². The molecule has 0 aliphatic rings. The summed E-state index contributed by atoms with van der Waals surface area (Å²) >= 11 is 0. The standard InChI is InChI=1S/C19H21N3O/c1-13-8-10-15(11-9-13)14(2)22(3)12-18-20-17-7-5-4-6-16(17)19(23)21-18/h4-11,14H,12H2,1-3H3,(H,20,21,23)/t14-/m0/s1. The van der Waals surface area contributed by atoms with E-state index < -0.39 is 0 Å². The van der Waals surface area contributed by atoms with Crippen LogP contribution < -0.4 is 5.56 Å². The predicted octanol–water partition coefficient (Wildman–Crippen LogP) is 3.42. The maximum atomic E-state index is 12.1. The molecule has 1 N–H and O–H groups in total. The van der Waals surface area contributed by atoms with Crippen LogP contribution in [-0.2, 0) is 6.54 Å². The van der Waals surface area contributed by atoms with Crippen LogP contribution in [0.4, 0.5) is 0 Å². The van der Waals surface area contributed by atoms with E-state index in [4.69, 9.17) is 0 Å². The van der Waals surface area contributed by atoms with Gasteiger partial charge in [0, 0.05) is 6.04 Å². The van der Waals surface area contributed by atoms with Crippen molar-refractivity contribution < 1.29 is 0 Å². The van der Waals surface area contributed by atoms with Crippen molar-refractivity contribution in [1.82, 2.24) is 14.9 Å². The van der Waals surface area contributed by atoms with Gasteiger partial charge in [0.25, 0.3) is 5.56 Å². The molecule has 0 spiro atoms. The normalized spacial score (nSPS) is 12.7. The molecule has 0 saturated heterocycles. The average Bonchev–Trinajstić information content (AvgIpc) is 2.55. The molecule has 2 aromatic carbocycles. The Morgan fingerprint density at radius 2 is 1.83 bits per heavy atom. The smallest absolute Gasteiger partial charge is 0.258 e. The summed E-state index contributed by atoms with van der Waals surface area (Å²) in [5.74, 6) is 0.690. The Bertz CT molecular complexity index is 868. The number of aromatic amines is 1. The topological polar surface area (TPSA) is 49.0 Å². The van der Waals surface area contributed by atoms with Crippen LogP contribution >= 0.6 is 0 Å². The average molecular weight is 307 g/mol. The second-order valence-corrected chi connectivity index (χ2v) is 6.03. The molecule has 0 saturated carbocycles. The summed E-state index contributed by atoms with van der Waals surface area (Å²) in [4.78, 5) is 21.8. The van der Waals surface area contributed by atoms with Crippen LogP contribution in [0, 0.1) is 6.92 Å². The predicted molar refractivity (Wildman–Crippen MR) is 93.4 cm³/mol. The first-order valence-corrected chi connectivity index (χ1v) is 7.79. The highest BCUT2D eigenvalue weighted by Gasteiger charge is 2.13. The van der Waals surface area contributed by atoms with Gasteiger partial charge in [-0.2, -0.15) is 0 Å². The fourth-order valence-electron chi connectivity index (χ4n) is 2.68. The molecular weight excluding hydrogens is 286 g/mol. The lowest BCUT2D eigenvalue weighted by Crippen LogP contribution is -2.25. The summed E-state index contributed by atoms with van der Waals surface area (Å²) in [7, 11) is 2.04. The highest BCUT2D eigenvalue weighted by molar-refractivity contribution is 5.77. The molecule has 0 unspecified atom stereocenters. The zero-order chi connectivity index (χ0) is 16.4. The van der Waals surface area contributed by atoms with Crippen molar-refractivity contribution in [3.8, 4) is 0 Å². The van der Waals surface area contributed by atoms with Crippen molar-refractivity contribution in [2.75, 3.05) is 7.05 Å². The summed E-state index contributed by atoms with van der Waals surface area (Å²) in [6, 6.07) is 16.2. The summed E-state index contributed by atoms with van der Waals surface area (Å²) in [5.41, 5.74) is 3.16. The largest absolute Gasteiger partial charge is 0.309 e. The summed E-state index contributed by atoms with van der Waals surface area (Å²) in [6.45, 7) is 4.83. The molecular formula is C19H21N3O. The maximum Gasteiger partial charge on any atom is 0.258 e. The van der Waals surface area contributed by atoms with Gasteiger partial charge in [-0.3, -0.25) is 9.69 Å². The molecule has 23 heavy (non-hydrogen) atoms. The second kappa shape index (κ2) is 6.34. The monoisotopic (exact) mass is 307 g/mol. The van der Waals surface area contributed by atoms with E-state index in [0.717, 1.165) is 5.52 Å². The van der Waals surface area contributed by atoms with Gasteiger partial charge in [0.15, 0.2) is 0 Å².